The molecule has 0 radical (unpaired) electrons. The minimum atomic E-state index is -1.16. The Labute approximate surface area is 103 Å². The first kappa shape index (κ1) is 14.0. The van der Waals surface area contributed by atoms with Crippen molar-refractivity contribution in [3.05, 3.63) is 12.0 Å². The van der Waals surface area contributed by atoms with Gasteiger partial charge in [-0.15, -0.1) is 0 Å². The van der Waals surface area contributed by atoms with Crippen LogP contribution in [0.1, 0.15) is 16.9 Å². The molecular weight excluding hydrogens is 242 g/mol. The quantitative estimate of drug-likeness (QED) is 0.559. The largest absolute Gasteiger partial charge is 0.476 e. The van der Waals surface area contributed by atoms with Crippen molar-refractivity contribution in [1.82, 2.24) is 10.3 Å². The number of carboxylic acid groups (broad SMARTS) is 1. The van der Waals surface area contributed by atoms with Crippen molar-refractivity contribution in [2.45, 2.75) is 6.42 Å². The number of amides is 1. The number of aromatic carboxylic acids is 1. The van der Waals surface area contributed by atoms with E-state index in [0.717, 1.165) is 6.26 Å². The number of rotatable bonds is 8. The molecular formula is C10H15N3O5. The van der Waals surface area contributed by atoms with Gasteiger partial charge in [0.15, 0.2) is 5.69 Å². The molecule has 0 atom stereocenters. The lowest BCUT2D eigenvalue weighted by atomic mass is 10.4. The molecule has 0 unspecified atom stereocenters. The van der Waals surface area contributed by atoms with Crippen molar-refractivity contribution in [1.29, 1.82) is 0 Å². The van der Waals surface area contributed by atoms with Gasteiger partial charge in [-0.1, -0.05) is 0 Å². The molecule has 0 aromatic carbocycles. The fourth-order valence-corrected chi connectivity index (χ4v) is 1.12. The summed E-state index contributed by atoms with van der Waals surface area (Å²) in [5.74, 6) is -1.30. The van der Waals surface area contributed by atoms with Gasteiger partial charge >= 0.3 is 5.97 Å². The summed E-state index contributed by atoms with van der Waals surface area (Å²) >= 11 is 0. The molecule has 0 bridgehead atoms. The summed E-state index contributed by atoms with van der Waals surface area (Å²) in [5, 5.41) is 14.0. The zero-order chi connectivity index (χ0) is 13.4. The lowest BCUT2D eigenvalue weighted by molar-refractivity contribution is -0.121. The van der Waals surface area contributed by atoms with Crippen LogP contribution in [0.3, 0.4) is 0 Å². The molecule has 3 N–H and O–H groups in total. The number of carbonyl (C=O) groups excluding carboxylic acids is 1. The first-order valence-electron chi connectivity index (χ1n) is 5.32. The first-order chi connectivity index (χ1) is 8.63. The minimum Gasteiger partial charge on any atom is -0.476 e. The Bertz CT molecular complexity index is 404. The van der Waals surface area contributed by atoms with E-state index in [2.05, 4.69) is 15.6 Å². The highest BCUT2D eigenvalue weighted by Gasteiger charge is 2.10. The molecule has 0 saturated heterocycles. The molecule has 1 rings (SSSR count). The van der Waals surface area contributed by atoms with Gasteiger partial charge in [0.2, 0.25) is 5.91 Å². The van der Waals surface area contributed by atoms with Gasteiger partial charge < -0.3 is 24.9 Å². The van der Waals surface area contributed by atoms with Crippen LogP contribution in [0.15, 0.2) is 10.7 Å². The number of carboxylic acids is 1. The van der Waals surface area contributed by atoms with Gasteiger partial charge in [-0.05, 0) is 0 Å². The maximum atomic E-state index is 11.3. The van der Waals surface area contributed by atoms with Crippen molar-refractivity contribution >= 4 is 17.9 Å². The maximum absolute atomic E-state index is 11.3. The normalized spacial score (nSPS) is 10.1. The van der Waals surface area contributed by atoms with E-state index in [1.54, 1.807) is 7.11 Å². The highest BCUT2D eigenvalue weighted by molar-refractivity contribution is 5.85. The zero-order valence-electron chi connectivity index (χ0n) is 9.93. The molecule has 18 heavy (non-hydrogen) atoms. The Morgan fingerprint density at radius 3 is 2.89 bits per heavy atom. The summed E-state index contributed by atoms with van der Waals surface area (Å²) in [7, 11) is 1.55. The van der Waals surface area contributed by atoms with E-state index in [-0.39, 0.29) is 24.0 Å². The number of aromatic nitrogens is 1. The SMILES string of the molecule is COCCNC(=O)CCNc1nc(C(=O)O)co1. The Hall–Kier alpha value is -2.09. The van der Waals surface area contributed by atoms with Gasteiger partial charge in [0.1, 0.15) is 6.26 Å². The molecule has 1 aromatic heterocycles. The van der Waals surface area contributed by atoms with Crippen LogP contribution in [0.5, 0.6) is 0 Å². The van der Waals surface area contributed by atoms with Crippen molar-refractivity contribution < 1.29 is 23.8 Å². The summed E-state index contributed by atoms with van der Waals surface area (Å²) in [4.78, 5) is 25.4. The predicted molar refractivity (Wildman–Crippen MR) is 61.5 cm³/mol. The van der Waals surface area contributed by atoms with Crippen molar-refractivity contribution in [2.75, 3.05) is 32.1 Å². The molecule has 0 spiro atoms. The second kappa shape index (κ2) is 7.28. The molecule has 1 amide bonds. The Morgan fingerprint density at radius 2 is 2.28 bits per heavy atom. The van der Waals surface area contributed by atoms with Crippen LogP contribution in [-0.2, 0) is 9.53 Å². The van der Waals surface area contributed by atoms with Crippen LogP contribution < -0.4 is 10.6 Å². The fraction of sp³-hybridized carbons (Fsp3) is 0.500. The van der Waals surface area contributed by atoms with Crippen LogP contribution in [0.4, 0.5) is 6.01 Å². The molecule has 1 heterocycles. The number of nitrogens with one attached hydrogen (secondary N) is 2. The lowest BCUT2D eigenvalue weighted by Gasteiger charge is -2.04. The van der Waals surface area contributed by atoms with Crippen LogP contribution >= 0.6 is 0 Å². The molecule has 1 aromatic rings. The molecule has 8 nitrogen and oxygen atoms in total. The highest BCUT2D eigenvalue weighted by atomic mass is 16.5. The second-order valence-corrected chi connectivity index (χ2v) is 3.36. The van der Waals surface area contributed by atoms with Gasteiger partial charge in [-0.3, -0.25) is 4.79 Å². The maximum Gasteiger partial charge on any atom is 0.357 e. The van der Waals surface area contributed by atoms with E-state index in [4.69, 9.17) is 14.3 Å². The van der Waals surface area contributed by atoms with Gasteiger partial charge in [-0.25, -0.2) is 4.79 Å². The summed E-state index contributed by atoms with van der Waals surface area (Å²) in [5.41, 5.74) is -0.179. The van der Waals surface area contributed by atoms with E-state index in [1.807, 2.05) is 0 Å². The number of anilines is 1. The standard InChI is InChI=1S/C10H15N3O5/c1-17-5-4-11-8(14)2-3-12-10-13-7(6-18-10)9(15)16/h6H,2-5H2,1H3,(H,11,14)(H,12,13)(H,15,16). The zero-order valence-corrected chi connectivity index (χ0v) is 9.93. The van der Waals surface area contributed by atoms with Gasteiger partial charge in [-0.2, -0.15) is 4.98 Å². The summed E-state index contributed by atoms with van der Waals surface area (Å²) in [6.45, 7) is 1.22. The third-order valence-electron chi connectivity index (χ3n) is 1.98. The molecule has 0 fully saturated rings. The number of nitrogens with zero attached hydrogens (tertiary/aromatic N) is 1. The lowest BCUT2D eigenvalue weighted by Crippen LogP contribution is -2.28. The Kier molecular flexibility index (Phi) is 5.65. The summed E-state index contributed by atoms with van der Waals surface area (Å²) in [6, 6.07) is 0.0806. The average Bonchev–Trinajstić information content (AvgIpc) is 2.78. The molecule has 0 aliphatic carbocycles. The number of carbonyl (C=O) groups is 2. The third kappa shape index (κ3) is 4.83. The highest BCUT2D eigenvalue weighted by Crippen LogP contribution is 2.06. The van der Waals surface area contributed by atoms with Crippen molar-refractivity contribution in [3.8, 4) is 0 Å². The monoisotopic (exact) mass is 257 g/mol. The minimum absolute atomic E-state index is 0.0806. The topological polar surface area (TPSA) is 114 Å². The number of oxazole rings is 1. The van der Waals surface area contributed by atoms with E-state index in [1.165, 1.54) is 0 Å². The predicted octanol–water partition coefficient (Wildman–Crippen LogP) is -0.0626. The molecule has 100 valence electrons. The van der Waals surface area contributed by atoms with Crippen LogP contribution in [0.2, 0.25) is 0 Å². The second-order valence-electron chi connectivity index (χ2n) is 3.36. The van der Waals surface area contributed by atoms with Crippen LogP contribution in [0, 0.1) is 0 Å². The number of hydrogen-bond donors (Lipinski definition) is 3. The average molecular weight is 257 g/mol. The van der Waals surface area contributed by atoms with Crippen LogP contribution in [-0.4, -0.2) is 48.8 Å². The molecule has 8 heteroatoms. The Morgan fingerprint density at radius 1 is 1.50 bits per heavy atom. The van der Waals surface area contributed by atoms with E-state index in [0.29, 0.717) is 19.7 Å². The number of methoxy groups -OCH3 is 1. The van der Waals surface area contributed by atoms with Crippen molar-refractivity contribution in [2.24, 2.45) is 0 Å². The Balaban J connectivity index is 2.20. The van der Waals surface area contributed by atoms with E-state index < -0.39 is 5.97 Å². The van der Waals surface area contributed by atoms with Gasteiger partial charge in [0.25, 0.3) is 6.01 Å². The third-order valence-corrected chi connectivity index (χ3v) is 1.98. The van der Waals surface area contributed by atoms with Crippen molar-refractivity contribution in [3.63, 3.8) is 0 Å². The fourth-order valence-electron chi connectivity index (χ4n) is 1.12. The number of ether oxygens (including phenoxy) is 1. The van der Waals surface area contributed by atoms with E-state index >= 15 is 0 Å². The molecule has 0 aliphatic heterocycles. The molecule has 0 saturated carbocycles. The van der Waals surface area contributed by atoms with Gasteiger partial charge in [0, 0.05) is 26.6 Å². The van der Waals surface area contributed by atoms with Crippen LogP contribution in [0.25, 0.3) is 0 Å². The van der Waals surface area contributed by atoms with Gasteiger partial charge in [0.05, 0.1) is 6.61 Å². The molecule has 0 aliphatic rings. The van der Waals surface area contributed by atoms with E-state index in [9.17, 15) is 9.59 Å². The first-order valence-corrected chi connectivity index (χ1v) is 5.32. The summed E-state index contributed by atoms with van der Waals surface area (Å²) < 4.78 is 9.63. The smallest absolute Gasteiger partial charge is 0.357 e. The number of hydrogen-bond acceptors (Lipinski definition) is 6. The summed E-state index contributed by atoms with van der Waals surface area (Å²) in [6.07, 6.45) is 1.26.